The number of nitrogens with zero attached hydrogens (tertiary/aromatic N) is 2. The number of carbonyl (C=O) groups excluding carboxylic acids is 2. The van der Waals surface area contributed by atoms with Gasteiger partial charge in [-0.2, -0.15) is 13.2 Å². The fourth-order valence-corrected chi connectivity index (χ4v) is 5.22. The van der Waals surface area contributed by atoms with Crippen LogP contribution in [-0.4, -0.2) is 34.8 Å². The van der Waals surface area contributed by atoms with Crippen LogP contribution in [0.4, 0.5) is 13.2 Å². The van der Waals surface area contributed by atoms with Crippen molar-refractivity contribution >= 4 is 22.7 Å². The van der Waals surface area contributed by atoms with Gasteiger partial charge in [-0.3, -0.25) is 19.5 Å². The molecule has 0 N–H and O–H groups in total. The monoisotopic (exact) mass is 582 g/mol. The van der Waals surface area contributed by atoms with Crippen LogP contribution in [0.3, 0.4) is 0 Å². The Morgan fingerprint density at radius 1 is 0.791 bits per heavy atom. The second kappa shape index (κ2) is 11.2. The molecule has 0 fully saturated rings. The standard InChI is InChI=1S/C34H25F3N2O4/c1-21-19-38-31-28(10-5-11-29(31)34(35,36)37)30(21)23-6-4-7-25(18-23)43-20-22-12-14-24(15-13-22)42-17-16-39-32(40)26-8-2-3-9-27(26)33(39)41/h2-15,18-19H,16-17,20H2,1H3. The van der Waals surface area contributed by atoms with E-state index < -0.39 is 11.7 Å². The van der Waals surface area contributed by atoms with Crippen molar-refractivity contribution in [2.75, 3.05) is 13.2 Å². The first-order valence-corrected chi connectivity index (χ1v) is 13.6. The molecule has 9 heteroatoms. The van der Waals surface area contributed by atoms with Gasteiger partial charge in [0.15, 0.2) is 0 Å². The highest BCUT2D eigenvalue weighted by Gasteiger charge is 2.35. The molecular weight excluding hydrogens is 557 g/mol. The molecule has 0 atom stereocenters. The molecule has 4 aromatic carbocycles. The lowest BCUT2D eigenvalue weighted by atomic mass is 9.95. The molecule has 0 radical (unpaired) electrons. The Balaban J connectivity index is 1.10. The molecule has 6 rings (SSSR count). The van der Waals surface area contributed by atoms with Crippen molar-refractivity contribution in [2.45, 2.75) is 19.7 Å². The molecule has 1 aromatic heterocycles. The lowest BCUT2D eigenvalue weighted by Gasteiger charge is -2.15. The Morgan fingerprint density at radius 3 is 2.19 bits per heavy atom. The number of alkyl halides is 3. The number of aromatic nitrogens is 1. The number of aryl methyl sites for hydroxylation is 1. The van der Waals surface area contributed by atoms with Gasteiger partial charge in [0.25, 0.3) is 11.8 Å². The number of para-hydroxylation sites is 1. The summed E-state index contributed by atoms with van der Waals surface area (Å²) in [5.41, 5.74) is 2.97. The Bertz CT molecular complexity index is 1820. The summed E-state index contributed by atoms with van der Waals surface area (Å²) in [5.74, 6) is 0.508. The van der Waals surface area contributed by atoms with Gasteiger partial charge < -0.3 is 9.47 Å². The fraction of sp³-hybridized carbons (Fsp3) is 0.147. The molecule has 1 aliphatic rings. The minimum absolute atomic E-state index is 0.0899. The quantitative estimate of drug-likeness (QED) is 0.178. The minimum Gasteiger partial charge on any atom is -0.492 e. The number of amides is 2. The molecule has 5 aromatic rings. The number of pyridine rings is 1. The van der Waals surface area contributed by atoms with Gasteiger partial charge in [0.2, 0.25) is 0 Å². The Labute approximate surface area is 245 Å². The largest absolute Gasteiger partial charge is 0.492 e. The topological polar surface area (TPSA) is 68.7 Å². The van der Waals surface area contributed by atoms with Gasteiger partial charge in [-0.1, -0.05) is 48.5 Å². The van der Waals surface area contributed by atoms with E-state index in [2.05, 4.69) is 4.98 Å². The van der Waals surface area contributed by atoms with E-state index in [-0.39, 0.29) is 37.1 Å². The zero-order valence-electron chi connectivity index (χ0n) is 23.0. The molecular formula is C34H25F3N2O4. The van der Waals surface area contributed by atoms with Crippen molar-refractivity contribution < 1.29 is 32.2 Å². The number of carbonyl (C=O) groups is 2. The number of halogens is 3. The summed E-state index contributed by atoms with van der Waals surface area (Å²) in [4.78, 5) is 30.3. The molecule has 0 saturated heterocycles. The first kappa shape index (κ1) is 28.0. The maximum Gasteiger partial charge on any atom is 0.418 e. The third-order valence-electron chi connectivity index (χ3n) is 7.31. The van der Waals surface area contributed by atoms with Crippen molar-refractivity contribution in [1.82, 2.24) is 9.88 Å². The van der Waals surface area contributed by atoms with Crippen LogP contribution in [0.15, 0.2) is 97.2 Å². The Kier molecular flexibility index (Phi) is 7.31. The average Bonchev–Trinajstić information content (AvgIpc) is 3.25. The van der Waals surface area contributed by atoms with Crippen LogP contribution >= 0.6 is 0 Å². The summed E-state index contributed by atoms with van der Waals surface area (Å²) in [7, 11) is 0. The van der Waals surface area contributed by atoms with E-state index in [0.29, 0.717) is 33.6 Å². The lowest BCUT2D eigenvalue weighted by molar-refractivity contribution is -0.136. The summed E-state index contributed by atoms with van der Waals surface area (Å²) >= 11 is 0. The molecule has 1 aliphatic heterocycles. The maximum atomic E-state index is 13.6. The zero-order valence-corrected chi connectivity index (χ0v) is 23.0. The number of rotatable bonds is 8. The first-order chi connectivity index (χ1) is 20.7. The smallest absolute Gasteiger partial charge is 0.418 e. The van der Waals surface area contributed by atoms with Crippen LogP contribution in [0.1, 0.15) is 37.4 Å². The predicted molar refractivity (Wildman–Crippen MR) is 155 cm³/mol. The highest BCUT2D eigenvalue weighted by atomic mass is 19.4. The fourth-order valence-electron chi connectivity index (χ4n) is 5.22. The molecule has 2 amide bonds. The number of benzene rings is 4. The third kappa shape index (κ3) is 5.53. The van der Waals surface area contributed by atoms with E-state index in [1.165, 1.54) is 17.2 Å². The van der Waals surface area contributed by atoms with Crippen LogP contribution in [0, 0.1) is 6.92 Å². The molecule has 0 aliphatic carbocycles. The van der Waals surface area contributed by atoms with E-state index in [0.717, 1.165) is 22.8 Å². The Morgan fingerprint density at radius 2 is 1.49 bits per heavy atom. The van der Waals surface area contributed by atoms with Crippen molar-refractivity contribution in [1.29, 1.82) is 0 Å². The van der Waals surface area contributed by atoms with Gasteiger partial charge in [-0.05, 0) is 71.6 Å². The second-order valence-corrected chi connectivity index (χ2v) is 10.1. The van der Waals surface area contributed by atoms with Crippen LogP contribution in [0.5, 0.6) is 11.5 Å². The number of hydrogen-bond donors (Lipinski definition) is 0. The van der Waals surface area contributed by atoms with Gasteiger partial charge in [-0.25, -0.2) is 0 Å². The van der Waals surface area contributed by atoms with Crippen molar-refractivity contribution in [3.8, 4) is 22.6 Å². The number of imide groups is 1. The maximum absolute atomic E-state index is 13.6. The van der Waals surface area contributed by atoms with E-state index in [1.807, 2.05) is 25.1 Å². The number of ether oxygens (including phenoxy) is 2. The van der Waals surface area contributed by atoms with Gasteiger partial charge >= 0.3 is 6.18 Å². The molecule has 0 bridgehead atoms. The molecule has 2 heterocycles. The second-order valence-electron chi connectivity index (χ2n) is 10.1. The van der Waals surface area contributed by atoms with Gasteiger partial charge in [0.05, 0.1) is 28.8 Å². The van der Waals surface area contributed by atoms with Gasteiger partial charge in [0, 0.05) is 11.6 Å². The van der Waals surface area contributed by atoms with E-state index >= 15 is 0 Å². The van der Waals surface area contributed by atoms with Crippen molar-refractivity contribution in [3.63, 3.8) is 0 Å². The normalized spacial score (nSPS) is 13.0. The van der Waals surface area contributed by atoms with Crippen LogP contribution < -0.4 is 9.47 Å². The minimum atomic E-state index is -4.51. The van der Waals surface area contributed by atoms with E-state index in [4.69, 9.17) is 9.47 Å². The van der Waals surface area contributed by atoms with Crippen molar-refractivity contribution in [2.24, 2.45) is 0 Å². The molecule has 6 nitrogen and oxygen atoms in total. The highest BCUT2D eigenvalue weighted by Crippen LogP contribution is 2.39. The summed E-state index contributed by atoms with van der Waals surface area (Å²) in [6.07, 6.45) is -3.05. The third-order valence-corrected chi connectivity index (χ3v) is 7.31. The first-order valence-electron chi connectivity index (χ1n) is 13.6. The molecule has 0 spiro atoms. The van der Waals surface area contributed by atoms with Crippen LogP contribution in [0.25, 0.3) is 22.0 Å². The zero-order chi connectivity index (χ0) is 30.1. The number of fused-ring (bicyclic) bond motifs is 2. The Hall–Kier alpha value is -5.18. The summed E-state index contributed by atoms with van der Waals surface area (Å²) in [5, 5.41) is 0.422. The average molecular weight is 583 g/mol. The SMILES string of the molecule is Cc1cnc2c(C(F)(F)F)cccc2c1-c1cccc(OCc2ccc(OCCN3C(=O)c4ccccc4C3=O)cc2)c1. The number of hydrogen-bond acceptors (Lipinski definition) is 5. The van der Waals surface area contributed by atoms with E-state index in [1.54, 1.807) is 60.7 Å². The van der Waals surface area contributed by atoms with Crippen molar-refractivity contribution in [3.05, 3.63) is 125 Å². The molecule has 43 heavy (non-hydrogen) atoms. The molecule has 0 unspecified atom stereocenters. The van der Waals surface area contributed by atoms with Crippen LogP contribution in [0.2, 0.25) is 0 Å². The van der Waals surface area contributed by atoms with Gasteiger partial charge in [-0.15, -0.1) is 0 Å². The predicted octanol–water partition coefficient (Wildman–Crippen LogP) is 7.48. The van der Waals surface area contributed by atoms with Gasteiger partial charge in [0.1, 0.15) is 24.7 Å². The molecule has 216 valence electrons. The summed E-state index contributed by atoms with van der Waals surface area (Å²) in [6, 6.07) is 25.3. The summed E-state index contributed by atoms with van der Waals surface area (Å²) in [6.45, 7) is 2.37. The lowest BCUT2D eigenvalue weighted by Crippen LogP contribution is -2.33. The summed E-state index contributed by atoms with van der Waals surface area (Å²) < 4.78 is 52.6. The van der Waals surface area contributed by atoms with E-state index in [9.17, 15) is 22.8 Å². The van der Waals surface area contributed by atoms with Crippen LogP contribution in [-0.2, 0) is 12.8 Å². The highest BCUT2D eigenvalue weighted by molar-refractivity contribution is 6.21. The molecule has 0 saturated carbocycles.